The fourth-order valence-electron chi connectivity index (χ4n) is 2.94. The predicted octanol–water partition coefficient (Wildman–Crippen LogP) is 2.98. The van der Waals surface area contributed by atoms with Crippen molar-refractivity contribution < 1.29 is 8.42 Å². The number of aromatic nitrogens is 2. The molecule has 0 bridgehead atoms. The van der Waals surface area contributed by atoms with Gasteiger partial charge in [-0.1, -0.05) is 49.0 Å². The van der Waals surface area contributed by atoms with E-state index in [0.717, 1.165) is 23.9 Å². The van der Waals surface area contributed by atoms with Crippen molar-refractivity contribution in [3.63, 3.8) is 0 Å². The number of rotatable bonds is 8. The van der Waals surface area contributed by atoms with Gasteiger partial charge >= 0.3 is 0 Å². The van der Waals surface area contributed by atoms with E-state index in [1.165, 1.54) is 11.8 Å². The van der Waals surface area contributed by atoms with Crippen molar-refractivity contribution in [1.29, 1.82) is 0 Å². The first kappa shape index (κ1) is 20.6. The molecule has 0 spiro atoms. The third-order valence-electron chi connectivity index (χ3n) is 4.27. The molecule has 0 aliphatic rings. The van der Waals surface area contributed by atoms with Crippen molar-refractivity contribution in [3.05, 3.63) is 64.4 Å². The number of hydrogen-bond donors (Lipinski definition) is 1. The Morgan fingerprint density at radius 3 is 2.57 bits per heavy atom. The summed E-state index contributed by atoms with van der Waals surface area (Å²) in [6.45, 7) is 2.41. The molecule has 1 aromatic heterocycles. The van der Waals surface area contributed by atoms with Gasteiger partial charge in [0, 0.05) is 12.3 Å². The molecule has 3 aromatic rings. The Kier molecular flexibility index (Phi) is 6.53. The second kappa shape index (κ2) is 8.89. The van der Waals surface area contributed by atoms with Crippen molar-refractivity contribution in [2.75, 3.05) is 18.6 Å². The zero-order valence-corrected chi connectivity index (χ0v) is 17.5. The zero-order valence-electron chi connectivity index (χ0n) is 15.9. The molecule has 0 aliphatic heterocycles. The van der Waals surface area contributed by atoms with Gasteiger partial charge in [0.15, 0.2) is 5.16 Å². The molecule has 3 rings (SSSR count). The highest BCUT2D eigenvalue weighted by Crippen LogP contribution is 2.24. The number of nitrogens with one attached hydrogen (secondary N) is 1. The number of thioether (sulfide) groups is 1. The first-order valence-corrected chi connectivity index (χ1v) is 12.0. The maximum absolute atomic E-state index is 13.3. The van der Waals surface area contributed by atoms with Crippen LogP contribution in [0.4, 0.5) is 0 Å². The van der Waals surface area contributed by atoms with Gasteiger partial charge in [-0.2, -0.15) is 0 Å². The molecular weight excluding hydrogens is 394 g/mol. The highest BCUT2D eigenvalue weighted by atomic mass is 32.2. The van der Waals surface area contributed by atoms with Crippen LogP contribution in [0.1, 0.15) is 18.9 Å². The van der Waals surface area contributed by atoms with Gasteiger partial charge in [-0.25, -0.2) is 18.1 Å². The molecule has 0 saturated heterocycles. The lowest BCUT2D eigenvalue weighted by atomic mass is 10.1. The third-order valence-corrected chi connectivity index (χ3v) is 6.03. The molecule has 148 valence electrons. The molecule has 0 amide bonds. The van der Waals surface area contributed by atoms with E-state index in [2.05, 4.69) is 11.6 Å². The molecule has 0 radical (unpaired) electrons. The van der Waals surface area contributed by atoms with Crippen LogP contribution in [0, 0.1) is 0 Å². The zero-order chi connectivity index (χ0) is 20.1. The molecule has 28 heavy (non-hydrogen) atoms. The van der Waals surface area contributed by atoms with E-state index in [-0.39, 0.29) is 5.56 Å². The Bertz CT molecular complexity index is 1140. The lowest BCUT2D eigenvalue weighted by Crippen LogP contribution is -2.24. The minimum Gasteiger partial charge on any atom is -0.268 e. The Morgan fingerprint density at radius 1 is 1.11 bits per heavy atom. The minimum absolute atomic E-state index is 0.0942. The van der Waals surface area contributed by atoms with Crippen molar-refractivity contribution >= 4 is 32.7 Å². The lowest BCUT2D eigenvalue weighted by Gasteiger charge is -2.16. The van der Waals surface area contributed by atoms with Crippen LogP contribution in [0.25, 0.3) is 16.6 Å². The van der Waals surface area contributed by atoms with Crippen LogP contribution in [0.3, 0.4) is 0 Å². The molecule has 0 fully saturated rings. The van der Waals surface area contributed by atoms with Crippen molar-refractivity contribution in [3.8, 4) is 5.69 Å². The summed E-state index contributed by atoms with van der Waals surface area (Å²) in [7, 11) is -3.20. The van der Waals surface area contributed by atoms with E-state index >= 15 is 0 Å². The summed E-state index contributed by atoms with van der Waals surface area (Å²) in [5.74, 6) is 0.640. The summed E-state index contributed by atoms with van der Waals surface area (Å²) in [5, 5.41) is 1.19. The highest BCUT2D eigenvalue weighted by molar-refractivity contribution is 7.99. The van der Waals surface area contributed by atoms with E-state index in [9.17, 15) is 13.2 Å². The quantitative estimate of drug-likeness (QED) is 0.346. The number of benzene rings is 2. The molecular formula is C20H23N3O3S2. The first-order valence-electron chi connectivity index (χ1n) is 9.08. The number of nitrogens with zero attached hydrogens (tertiary/aromatic N) is 2. The monoisotopic (exact) mass is 417 g/mol. The predicted molar refractivity (Wildman–Crippen MR) is 115 cm³/mol. The number of sulfonamides is 1. The van der Waals surface area contributed by atoms with Crippen LogP contribution in [0.15, 0.2) is 58.5 Å². The number of fused-ring (bicyclic) bond motifs is 1. The lowest BCUT2D eigenvalue weighted by molar-refractivity contribution is 0.587. The van der Waals surface area contributed by atoms with E-state index in [0.29, 0.717) is 34.8 Å². The molecule has 2 aromatic carbocycles. The van der Waals surface area contributed by atoms with E-state index in [4.69, 9.17) is 4.98 Å². The van der Waals surface area contributed by atoms with Gasteiger partial charge in [0.05, 0.1) is 22.8 Å². The average Bonchev–Trinajstić information content (AvgIpc) is 2.67. The smallest absolute Gasteiger partial charge is 0.266 e. The van der Waals surface area contributed by atoms with Crippen LogP contribution in [0.2, 0.25) is 0 Å². The van der Waals surface area contributed by atoms with Gasteiger partial charge in [0.25, 0.3) is 5.56 Å². The van der Waals surface area contributed by atoms with Crippen molar-refractivity contribution in [2.24, 2.45) is 0 Å². The molecule has 1 heterocycles. The number of aryl methyl sites for hydroxylation is 1. The van der Waals surface area contributed by atoms with Gasteiger partial charge in [-0.15, -0.1) is 0 Å². The van der Waals surface area contributed by atoms with E-state index < -0.39 is 10.0 Å². The van der Waals surface area contributed by atoms with Crippen LogP contribution in [-0.4, -0.2) is 36.5 Å². The summed E-state index contributed by atoms with van der Waals surface area (Å²) in [5.41, 5.74) is 2.48. The highest BCUT2D eigenvalue weighted by Gasteiger charge is 2.15. The molecule has 0 atom stereocenters. The van der Waals surface area contributed by atoms with Gasteiger partial charge in [-0.3, -0.25) is 9.36 Å². The first-order chi connectivity index (χ1) is 13.4. The molecule has 0 unspecified atom stereocenters. The maximum atomic E-state index is 13.3. The molecule has 1 N–H and O–H groups in total. The van der Waals surface area contributed by atoms with Gasteiger partial charge in [0.1, 0.15) is 0 Å². The summed E-state index contributed by atoms with van der Waals surface area (Å²) in [4.78, 5) is 18.0. The van der Waals surface area contributed by atoms with Crippen LogP contribution in [-0.2, 0) is 16.4 Å². The fraction of sp³-hybridized carbons (Fsp3) is 0.300. The van der Waals surface area contributed by atoms with Gasteiger partial charge in [0.2, 0.25) is 10.0 Å². The third kappa shape index (κ3) is 4.81. The maximum Gasteiger partial charge on any atom is 0.266 e. The van der Waals surface area contributed by atoms with Gasteiger partial charge < -0.3 is 0 Å². The summed E-state index contributed by atoms with van der Waals surface area (Å²) in [6, 6.07) is 15.2. The molecule has 8 heteroatoms. The summed E-state index contributed by atoms with van der Waals surface area (Å²) >= 11 is 1.46. The summed E-state index contributed by atoms with van der Waals surface area (Å²) in [6.07, 6.45) is 2.58. The van der Waals surface area contributed by atoms with Crippen LogP contribution < -0.4 is 10.3 Å². The average molecular weight is 418 g/mol. The van der Waals surface area contributed by atoms with E-state index in [1.54, 1.807) is 10.6 Å². The summed E-state index contributed by atoms with van der Waals surface area (Å²) < 4.78 is 26.5. The van der Waals surface area contributed by atoms with Crippen molar-refractivity contribution in [1.82, 2.24) is 14.3 Å². The number of hydrogen-bond acceptors (Lipinski definition) is 5. The Labute approximate surface area is 169 Å². The molecule has 6 nitrogen and oxygen atoms in total. The van der Waals surface area contributed by atoms with E-state index in [1.807, 2.05) is 42.5 Å². The number of para-hydroxylation sites is 2. The van der Waals surface area contributed by atoms with Crippen LogP contribution >= 0.6 is 11.8 Å². The second-order valence-corrected chi connectivity index (χ2v) is 9.30. The molecule has 0 aliphatic carbocycles. The normalized spacial score (nSPS) is 11.8. The topological polar surface area (TPSA) is 81.1 Å². The Balaban J connectivity index is 1.99. The molecule has 0 saturated carbocycles. The van der Waals surface area contributed by atoms with Gasteiger partial charge in [-0.05, 0) is 36.6 Å². The van der Waals surface area contributed by atoms with Crippen LogP contribution in [0.5, 0.6) is 0 Å². The minimum atomic E-state index is -3.20. The SMILES string of the molecule is CCc1ccccc1-n1c(SCCCNS(C)(=O)=O)nc2ccccc2c1=O. The van der Waals surface area contributed by atoms with Crippen molar-refractivity contribution in [2.45, 2.75) is 24.9 Å². The standard InChI is InChI=1S/C20H23N3O3S2/c1-3-15-9-4-7-12-18(15)23-19(24)16-10-5-6-11-17(16)22-20(23)27-14-8-13-21-28(2,25)26/h4-7,9-12,21H,3,8,13-14H2,1-2H3. The fourth-order valence-corrected chi connectivity index (χ4v) is 4.40. The largest absolute Gasteiger partial charge is 0.268 e. The Hall–Kier alpha value is -2.16. The Morgan fingerprint density at radius 2 is 1.82 bits per heavy atom. The second-order valence-electron chi connectivity index (χ2n) is 6.40.